The van der Waals surface area contributed by atoms with Crippen molar-refractivity contribution < 1.29 is 19.4 Å². The fourth-order valence-electron chi connectivity index (χ4n) is 1.71. The number of nitrogens with one attached hydrogen (secondary N) is 1. The van der Waals surface area contributed by atoms with Gasteiger partial charge in [0.05, 0.1) is 19.7 Å². The number of aromatic nitrogens is 3. The van der Waals surface area contributed by atoms with Crippen LogP contribution in [-0.2, 0) is 22.6 Å². The average Bonchev–Trinajstić information content (AvgIpc) is 2.85. The molecule has 0 aliphatic heterocycles. The molecule has 0 saturated heterocycles. The van der Waals surface area contributed by atoms with Crippen molar-refractivity contribution in [2.24, 2.45) is 0 Å². The Morgan fingerprint density at radius 1 is 1.43 bits per heavy atom. The highest BCUT2D eigenvalue weighted by Crippen LogP contribution is 2.13. The van der Waals surface area contributed by atoms with Crippen LogP contribution in [0.1, 0.15) is 5.56 Å². The highest BCUT2D eigenvalue weighted by Gasteiger charge is 2.09. The van der Waals surface area contributed by atoms with Gasteiger partial charge in [0, 0.05) is 0 Å². The minimum Gasteiger partial charge on any atom is -0.497 e. The Labute approximate surface area is 120 Å². The molecule has 8 heteroatoms. The third-order valence-electron chi connectivity index (χ3n) is 2.58. The van der Waals surface area contributed by atoms with Gasteiger partial charge in [-0.3, -0.25) is 9.59 Å². The van der Waals surface area contributed by atoms with Crippen LogP contribution < -0.4 is 10.1 Å². The number of aliphatic carboxylic acids is 1. The maximum atomic E-state index is 11.9. The minimum atomic E-state index is -1.06. The zero-order valence-electron chi connectivity index (χ0n) is 11.3. The van der Waals surface area contributed by atoms with Gasteiger partial charge in [-0.15, -0.1) is 5.10 Å². The summed E-state index contributed by atoms with van der Waals surface area (Å²) in [5.74, 6) is -0.442. The topological polar surface area (TPSA) is 106 Å². The molecule has 2 rings (SSSR count). The lowest BCUT2D eigenvalue weighted by Crippen LogP contribution is -2.16. The van der Waals surface area contributed by atoms with Crippen LogP contribution >= 0.6 is 0 Å². The quantitative estimate of drug-likeness (QED) is 0.804. The van der Waals surface area contributed by atoms with Gasteiger partial charge < -0.3 is 15.2 Å². The van der Waals surface area contributed by atoms with Gasteiger partial charge in [-0.2, -0.15) is 9.90 Å². The number of rotatable bonds is 6. The predicted molar refractivity (Wildman–Crippen MR) is 73.0 cm³/mol. The number of carbonyl (C=O) groups excluding carboxylic acids is 1. The van der Waals surface area contributed by atoms with Gasteiger partial charge in [0.25, 0.3) is 0 Å². The van der Waals surface area contributed by atoms with Crippen LogP contribution in [0.15, 0.2) is 30.5 Å². The lowest BCUT2D eigenvalue weighted by atomic mass is 10.1. The molecule has 0 aliphatic carbocycles. The van der Waals surface area contributed by atoms with Crippen molar-refractivity contribution in [1.82, 2.24) is 15.0 Å². The molecular weight excluding hydrogens is 276 g/mol. The second-order valence-electron chi connectivity index (χ2n) is 4.23. The average molecular weight is 290 g/mol. The van der Waals surface area contributed by atoms with E-state index in [2.05, 4.69) is 15.5 Å². The Hall–Kier alpha value is -2.90. The molecule has 1 amide bonds. The van der Waals surface area contributed by atoms with E-state index in [0.717, 1.165) is 10.4 Å². The number of nitrogens with zero attached hydrogens (tertiary/aromatic N) is 3. The molecule has 2 N–H and O–H groups in total. The van der Waals surface area contributed by atoms with Gasteiger partial charge >= 0.3 is 5.97 Å². The molecule has 1 aromatic heterocycles. The molecule has 21 heavy (non-hydrogen) atoms. The van der Waals surface area contributed by atoms with Crippen molar-refractivity contribution in [3.8, 4) is 5.75 Å². The Kier molecular flexibility index (Phi) is 4.50. The largest absolute Gasteiger partial charge is 0.497 e. The van der Waals surface area contributed by atoms with Crippen LogP contribution in [-0.4, -0.2) is 39.1 Å². The van der Waals surface area contributed by atoms with Gasteiger partial charge in [0.2, 0.25) is 5.91 Å². The molecule has 0 aliphatic rings. The van der Waals surface area contributed by atoms with Crippen LogP contribution in [0.3, 0.4) is 0 Å². The first kappa shape index (κ1) is 14.5. The monoisotopic (exact) mass is 290 g/mol. The molecule has 110 valence electrons. The molecule has 0 spiro atoms. The normalized spacial score (nSPS) is 10.1. The van der Waals surface area contributed by atoms with Crippen LogP contribution in [0.5, 0.6) is 5.75 Å². The number of carboxylic acids is 1. The van der Waals surface area contributed by atoms with Crippen molar-refractivity contribution in [3.63, 3.8) is 0 Å². The van der Waals surface area contributed by atoms with Crippen LogP contribution in [0.2, 0.25) is 0 Å². The molecule has 0 bridgehead atoms. The first-order valence-electron chi connectivity index (χ1n) is 6.11. The van der Waals surface area contributed by atoms with E-state index in [1.807, 2.05) is 6.07 Å². The van der Waals surface area contributed by atoms with Crippen molar-refractivity contribution in [2.75, 3.05) is 12.4 Å². The Balaban J connectivity index is 1.94. The SMILES string of the molecule is COc1cccc(CC(=O)Nc2cnn(CC(=O)O)n2)c1. The van der Waals surface area contributed by atoms with E-state index in [1.54, 1.807) is 25.3 Å². The number of methoxy groups -OCH3 is 1. The number of ether oxygens (including phenoxy) is 1. The molecule has 0 fully saturated rings. The maximum absolute atomic E-state index is 11.9. The van der Waals surface area contributed by atoms with Crippen LogP contribution in [0, 0.1) is 0 Å². The van der Waals surface area contributed by atoms with E-state index in [-0.39, 0.29) is 24.7 Å². The van der Waals surface area contributed by atoms with E-state index in [4.69, 9.17) is 9.84 Å². The van der Waals surface area contributed by atoms with Crippen LogP contribution in [0.25, 0.3) is 0 Å². The lowest BCUT2D eigenvalue weighted by molar-refractivity contribution is -0.138. The van der Waals surface area contributed by atoms with Gasteiger partial charge in [-0.05, 0) is 17.7 Å². The lowest BCUT2D eigenvalue weighted by Gasteiger charge is -2.04. The van der Waals surface area contributed by atoms with E-state index >= 15 is 0 Å². The number of hydrogen-bond acceptors (Lipinski definition) is 5. The third kappa shape index (κ3) is 4.30. The summed E-state index contributed by atoms with van der Waals surface area (Å²) < 4.78 is 5.08. The summed E-state index contributed by atoms with van der Waals surface area (Å²) in [6, 6.07) is 7.16. The summed E-state index contributed by atoms with van der Waals surface area (Å²) in [6.45, 7) is -0.355. The summed E-state index contributed by atoms with van der Waals surface area (Å²) >= 11 is 0. The zero-order valence-corrected chi connectivity index (χ0v) is 11.3. The fraction of sp³-hybridized carbons (Fsp3) is 0.231. The number of anilines is 1. The number of amides is 1. The second kappa shape index (κ2) is 6.51. The van der Waals surface area contributed by atoms with Gasteiger partial charge in [0.15, 0.2) is 12.4 Å². The van der Waals surface area contributed by atoms with E-state index in [0.29, 0.717) is 5.75 Å². The number of carboxylic acid groups (broad SMARTS) is 1. The predicted octanol–water partition coefficient (Wildman–Crippen LogP) is 0.552. The fourth-order valence-corrected chi connectivity index (χ4v) is 1.71. The standard InChI is InChI=1S/C13H14N4O4/c1-21-10-4-2-3-9(5-10)6-12(18)15-11-7-14-17(16-11)8-13(19)20/h2-5,7H,6,8H2,1H3,(H,19,20)(H,15,16,18). The highest BCUT2D eigenvalue weighted by molar-refractivity contribution is 5.91. The molecule has 2 aromatic rings. The molecule has 1 heterocycles. The van der Waals surface area contributed by atoms with Gasteiger partial charge in [-0.25, -0.2) is 0 Å². The molecule has 8 nitrogen and oxygen atoms in total. The molecule has 0 radical (unpaired) electrons. The summed E-state index contributed by atoms with van der Waals surface area (Å²) in [6.07, 6.45) is 1.45. The number of hydrogen-bond donors (Lipinski definition) is 2. The molecule has 0 atom stereocenters. The van der Waals surface area contributed by atoms with Gasteiger partial charge in [-0.1, -0.05) is 12.1 Å². The number of benzene rings is 1. The van der Waals surface area contributed by atoms with Crippen LogP contribution in [0.4, 0.5) is 5.82 Å². The second-order valence-corrected chi connectivity index (χ2v) is 4.23. The Morgan fingerprint density at radius 3 is 2.95 bits per heavy atom. The minimum absolute atomic E-state index is 0.156. The van der Waals surface area contributed by atoms with Crippen molar-refractivity contribution in [2.45, 2.75) is 13.0 Å². The zero-order chi connectivity index (χ0) is 15.2. The first-order valence-corrected chi connectivity index (χ1v) is 6.11. The van der Waals surface area contributed by atoms with Crippen molar-refractivity contribution in [1.29, 1.82) is 0 Å². The molecule has 0 saturated carbocycles. The van der Waals surface area contributed by atoms with E-state index in [1.165, 1.54) is 6.20 Å². The molecular formula is C13H14N4O4. The Morgan fingerprint density at radius 2 is 2.24 bits per heavy atom. The van der Waals surface area contributed by atoms with Crippen molar-refractivity contribution >= 4 is 17.7 Å². The third-order valence-corrected chi connectivity index (χ3v) is 2.58. The first-order chi connectivity index (χ1) is 10.1. The highest BCUT2D eigenvalue weighted by atomic mass is 16.5. The number of carbonyl (C=O) groups is 2. The summed E-state index contributed by atoms with van der Waals surface area (Å²) in [7, 11) is 1.56. The summed E-state index contributed by atoms with van der Waals surface area (Å²) in [4.78, 5) is 23.4. The summed E-state index contributed by atoms with van der Waals surface area (Å²) in [5.41, 5.74) is 0.796. The maximum Gasteiger partial charge on any atom is 0.327 e. The Bertz CT molecular complexity index is 653. The molecule has 1 aromatic carbocycles. The van der Waals surface area contributed by atoms with E-state index < -0.39 is 5.97 Å². The van der Waals surface area contributed by atoms with Gasteiger partial charge in [0.1, 0.15) is 5.75 Å². The van der Waals surface area contributed by atoms with Crippen molar-refractivity contribution in [3.05, 3.63) is 36.0 Å². The van der Waals surface area contributed by atoms with E-state index in [9.17, 15) is 9.59 Å². The smallest absolute Gasteiger partial charge is 0.327 e. The molecule has 0 unspecified atom stereocenters. The summed E-state index contributed by atoms with van der Waals surface area (Å²) in [5, 5.41) is 18.7.